The number of carboxylic acids is 1. The van der Waals surface area contributed by atoms with Gasteiger partial charge >= 0.3 is 5.97 Å². The highest BCUT2D eigenvalue weighted by Crippen LogP contribution is 2.31. The molecule has 1 aromatic heterocycles. The summed E-state index contributed by atoms with van der Waals surface area (Å²) in [5.74, 6) is -1.30. The van der Waals surface area contributed by atoms with E-state index in [2.05, 4.69) is 0 Å². The van der Waals surface area contributed by atoms with Gasteiger partial charge in [0.2, 0.25) is 10.0 Å². The first-order valence-electron chi connectivity index (χ1n) is 6.30. The highest BCUT2D eigenvalue weighted by molar-refractivity contribution is 7.89. The lowest BCUT2D eigenvalue weighted by molar-refractivity contribution is 0.0698. The van der Waals surface area contributed by atoms with Gasteiger partial charge in [-0.05, 0) is 36.6 Å². The van der Waals surface area contributed by atoms with Gasteiger partial charge in [-0.3, -0.25) is 0 Å². The van der Waals surface area contributed by atoms with E-state index in [9.17, 15) is 18.3 Å². The van der Waals surface area contributed by atoms with Crippen molar-refractivity contribution >= 4 is 27.3 Å². The summed E-state index contributed by atoms with van der Waals surface area (Å²) >= 11 is 0.927. The zero-order valence-electron chi connectivity index (χ0n) is 11.1. The summed E-state index contributed by atoms with van der Waals surface area (Å²) in [6.45, 7) is 2.16. The van der Waals surface area contributed by atoms with Crippen LogP contribution in [0.4, 0.5) is 0 Å². The van der Waals surface area contributed by atoms with Gasteiger partial charge in [0, 0.05) is 19.7 Å². The molecule has 0 bridgehead atoms. The molecule has 1 aromatic rings. The van der Waals surface area contributed by atoms with E-state index >= 15 is 0 Å². The lowest BCUT2D eigenvalue weighted by Gasteiger charge is -2.31. The number of aromatic carboxylic acids is 1. The van der Waals surface area contributed by atoms with E-state index in [0.29, 0.717) is 18.5 Å². The van der Waals surface area contributed by atoms with Crippen molar-refractivity contribution in [1.82, 2.24) is 4.31 Å². The van der Waals surface area contributed by atoms with Crippen LogP contribution in [0.25, 0.3) is 0 Å². The quantitative estimate of drug-likeness (QED) is 0.868. The molecular weight excluding hydrogens is 302 g/mol. The van der Waals surface area contributed by atoms with Crippen LogP contribution in [0.2, 0.25) is 0 Å². The van der Waals surface area contributed by atoms with Gasteiger partial charge < -0.3 is 10.2 Å². The van der Waals surface area contributed by atoms with E-state index in [-0.39, 0.29) is 28.8 Å². The van der Waals surface area contributed by atoms with Crippen LogP contribution in [-0.4, -0.2) is 48.6 Å². The van der Waals surface area contributed by atoms with Crippen LogP contribution in [0.15, 0.2) is 10.3 Å². The monoisotopic (exact) mass is 319 g/mol. The number of sulfonamides is 1. The number of hydrogen-bond acceptors (Lipinski definition) is 5. The predicted molar refractivity (Wildman–Crippen MR) is 74.6 cm³/mol. The Morgan fingerprint density at radius 1 is 1.55 bits per heavy atom. The Morgan fingerprint density at radius 3 is 2.85 bits per heavy atom. The zero-order valence-corrected chi connectivity index (χ0v) is 12.7. The molecule has 6 nitrogen and oxygen atoms in total. The van der Waals surface area contributed by atoms with Crippen molar-refractivity contribution in [1.29, 1.82) is 0 Å². The van der Waals surface area contributed by atoms with Crippen LogP contribution in [0.3, 0.4) is 0 Å². The van der Waals surface area contributed by atoms with Crippen LogP contribution >= 0.6 is 11.3 Å². The maximum atomic E-state index is 12.6. The third kappa shape index (κ3) is 2.73. The SMILES string of the molecule is Cc1csc(C(=O)O)c1S(=O)(=O)N1CCCC(CO)C1. The molecule has 0 amide bonds. The first-order chi connectivity index (χ1) is 9.37. The second kappa shape index (κ2) is 5.80. The number of aryl methyl sites for hydroxylation is 1. The lowest BCUT2D eigenvalue weighted by Crippen LogP contribution is -2.41. The molecule has 1 unspecified atom stereocenters. The van der Waals surface area contributed by atoms with Crippen LogP contribution < -0.4 is 0 Å². The number of piperidine rings is 1. The fraction of sp³-hybridized carbons (Fsp3) is 0.583. The van der Waals surface area contributed by atoms with Gasteiger partial charge in [-0.1, -0.05) is 0 Å². The normalized spacial score (nSPS) is 21.0. The molecule has 1 fully saturated rings. The lowest BCUT2D eigenvalue weighted by atomic mass is 10.0. The Hall–Kier alpha value is -0.960. The Kier molecular flexibility index (Phi) is 4.48. The van der Waals surface area contributed by atoms with E-state index in [1.54, 1.807) is 12.3 Å². The summed E-state index contributed by atoms with van der Waals surface area (Å²) in [7, 11) is -3.82. The maximum Gasteiger partial charge on any atom is 0.347 e. The first kappa shape index (κ1) is 15.4. The number of nitrogens with zero attached hydrogens (tertiary/aromatic N) is 1. The molecule has 1 atom stereocenters. The Morgan fingerprint density at radius 2 is 2.25 bits per heavy atom. The van der Waals surface area contributed by atoms with Crippen molar-refractivity contribution in [3.8, 4) is 0 Å². The second-order valence-corrected chi connectivity index (χ2v) is 7.69. The molecule has 0 radical (unpaired) electrons. The van der Waals surface area contributed by atoms with Crippen LogP contribution in [0.5, 0.6) is 0 Å². The standard InChI is InChI=1S/C12H17NO5S2/c1-8-7-19-10(12(15)16)11(8)20(17,18)13-4-2-3-9(5-13)6-14/h7,9,14H,2-6H2,1H3,(H,15,16). The zero-order chi connectivity index (χ0) is 14.9. The molecule has 2 N–H and O–H groups in total. The first-order valence-corrected chi connectivity index (χ1v) is 8.62. The topological polar surface area (TPSA) is 94.9 Å². The summed E-state index contributed by atoms with van der Waals surface area (Å²) < 4.78 is 26.6. The smallest absolute Gasteiger partial charge is 0.347 e. The molecule has 1 aliphatic rings. The molecular formula is C12H17NO5S2. The fourth-order valence-corrected chi connectivity index (χ4v) is 5.56. The minimum atomic E-state index is -3.82. The number of aliphatic hydroxyl groups excluding tert-OH is 1. The van der Waals surface area contributed by atoms with Gasteiger partial charge in [-0.25, -0.2) is 13.2 Å². The van der Waals surface area contributed by atoms with Crippen molar-refractivity contribution in [2.45, 2.75) is 24.7 Å². The molecule has 0 spiro atoms. The summed E-state index contributed by atoms with van der Waals surface area (Å²) in [4.78, 5) is 10.9. The van der Waals surface area contributed by atoms with Gasteiger partial charge in [0.1, 0.15) is 9.77 Å². The van der Waals surface area contributed by atoms with Crippen LogP contribution in [0, 0.1) is 12.8 Å². The molecule has 0 saturated carbocycles. The summed E-state index contributed by atoms with van der Waals surface area (Å²) in [6.07, 6.45) is 1.47. The van der Waals surface area contributed by atoms with E-state index in [4.69, 9.17) is 5.11 Å². The van der Waals surface area contributed by atoms with Crippen molar-refractivity contribution in [3.05, 3.63) is 15.8 Å². The van der Waals surface area contributed by atoms with Gasteiger partial charge in [-0.2, -0.15) is 4.31 Å². The van der Waals surface area contributed by atoms with E-state index in [1.807, 2.05) is 0 Å². The van der Waals surface area contributed by atoms with Gasteiger partial charge in [-0.15, -0.1) is 11.3 Å². The third-order valence-electron chi connectivity index (χ3n) is 3.45. The van der Waals surface area contributed by atoms with Crippen molar-refractivity contribution in [3.63, 3.8) is 0 Å². The van der Waals surface area contributed by atoms with Crippen molar-refractivity contribution < 1.29 is 23.4 Å². The van der Waals surface area contributed by atoms with Crippen LogP contribution in [0.1, 0.15) is 28.1 Å². The van der Waals surface area contributed by atoms with E-state index < -0.39 is 16.0 Å². The minimum absolute atomic E-state index is 0.0551. The van der Waals surface area contributed by atoms with Crippen LogP contribution in [-0.2, 0) is 10.0 Å². The van der Waals surface area contributed by atoms with Crippen molar-refractivity contribution in [2.75, 3.05) is 19.7 Å². The molecule has 112 valence electrons. The number of thiophene rings is 1. The molecule has 8 heteroatoms. The average molecular weight is 319 g/mol. The van der Waals surface area contributed by atoms with E-state index in [1.165, 1.54) is 4.31 Å². The number of hydrogen-bond donors (Lipinski definition) is 2. The number of carboxylic acid groups (broad SMARTS) is 1. The number of aliphatic hydroxyl groups is 1. The molecule has 20 heavy (non-hydrogen) atoms. The van der Waals surface area contributed by atoms with Crippen molar-refractivity contribution in [2.24, 2.45) is 5.92 Å². The predicted octanol–water partition coefficient (Wildman–Crippen LogP) is 1.15. The summed E-state index contributed by atoms with van der Waals surface area (Å²) in [6, 6.07) is 0. The Bertz CT molecular complexity index is 607. The molecule has 1 aliphatic heterocycles. The van der Waals surface area contributed by atoms with Gasteiger partial charge in [0.25, 0.3) is 0 Å². The van der Waals surface area contributed by atoms with Gasteiger partial charge in [0.15, 0.2) is 0 Å². The number of carbonyl (C=O) groups is 1. The highest BCUT2D eigenvalue weighted by atomic mass is 32.2. The largest absolute Gasteiger partial charge is 0.477 e. The number of rotatable bonds is 4. The molecule has 2 rings (SSSR count). The molecule has 0 aromatic carbocycles. The minimum Gasteiger partial charge on any atom is -0.477 e. The third-order valence-corrected chi connectivity index (χ3v) is 6.72. The highest BCUT2D eigenvalue weighted by Gasteiger charge is 2.35. The Labute approximate surface area is 121 Å². The summed E-state index contributed by atoms with van der Waals surface area (Å²) in [5, 5.41) is 19.9. The fourth-order valence-electron chi connectivity index (χ4n) is 2.42. The maximum absolute atomic E-state index is 12.6. The summed E-state index contributed by atoms with van der Waals surface area (Å²) in [5.41, 5.74) is 0.457. The second-order valence-electron chi connectivity index (χ2n) is 4.94. The average Bonchev–Trinajstić information content (AvgIpc) is 2.81. The Balaban J connectivity index is 2.40. The van der Waals surface area contributed by atoms with Gasteiger partial charge in [0.05, 0.1) is 0 Å². The molecule has 2 heterocycles. The molecule has 0 aliphatic carbocycles. The van der Waals surface area contributed by atoms with E-state index in [0.717, 1.165) is 17.8 Å². The molecule has 1 saturated heterocycles.